The maximum Gasteiger partial charge on any atom is 0.262 e. The van der Waals surface area contributed by atoms with Crippen LogP contribution in [0.25, 0.3) is 0 Å². The van der Waals surface area contributed by atoms with E-state index in [1.165, 1.54) is 0 Å². The maximum atomic E-state index is 13.3. The Morgan fingerprint density at radius 3 is 2.81 bits per heavy atom. The van der Waals surface area contributed by atoms with Gasteiger partial charge in [0.25, 0.3) is 11.8 Å². The second kappa shape index (κ2) is 7.46. The number of hydrogen-bond acceptors (Lipinski definition) is 5. The molecule has 0 saturated carbocycles. The first-order valence-corrected chi connectivity index (χ1v) is 8.07. The molecule has 0 aliphatic carbocycles. The minimum absolute atomic E-state index is 0. The van der Waals surface area contributed by atoms with E-state index in [1.807, 2.05) is 0 Å². The van der Waals surface area contributed by atoms with Gasteiger partial charge in [0.1, 0.15) is 0 Å². The van der Waals surface area contributed by atoms with Crippen LogP contribution in [0.15, 0.2) is 28.8 Å². The summed E-state index contributed by atoms with van der Waals surface area (Å²) in [6.07, 6.45) is -0.399. The molecular weight excluding hydrogens is 389 g/mol. The van der Waals surface area contributed by atoms with Gasteiger partial charge in [0.2, 0.25) is 5.89 Å². The Morgan fingerprint density at radius 2 is 2.19 bits per heavy atom. The van der Waals surface area contributed by atoms with Crippen LogP contribution in [0.3, 0.4) is 0 Å². The van der Waals surface area contributed by atoms with Crippen molar-refractivity contribution in [1.82, 2.24) is 20.8 Å². The number of nitrogens with zero attached hydrogens (tertiary/aromatic N) is 2. The third-order valence-electron chi connectivity index (χ3n) is 3.92. The fraction of sp³-hybridized carbons (Fsp3) is 0.438. The monoisotopic (exact) mass is 406 g/mol. The summed E-state index contributed by atoms with van der Waals surface area (Å²) >= 11 is 5.89. The molecule has 1 aliphatic rings. The lowest BCUT2D eigenvalue weighted by molar-refractivity contribution is 0.0200. The Hall–Kier alpha value is -1.77. The zero-order chi connectivity index (χ0) is 18.2. The lowest BCUT2D eigenvalue weighted by Gasteiger charge is -2.22. The molecule has 1 unspecified atom stereocenters. The lowest BCUT2D eigenvalue weighted by Crippen LogP contribution is -2.41. The molecule has 1 fully saturated rings. The van der Waals surface area contributed by atoms with Crippen LogP contribution in [0.5, 0.6) is 0 Å². The topological polar surface area (TPSA) is 80.0 Å². The van der Waals surface area contributed by atoms with E-state index < -0.39 is 30.5 Å². The summed E-state index contributed by atoms with van der Waals surface area (Å²) in [6.45, 7) is 2.96. The summed E-state index contributed by atoms with van der Waals surface area (Å²) in [7, 11) is 0. The molecule has 1 aromatic heterocycles. The number of rotatable bonds is 4. The number of carbonyl (C=O) groups excluding carboxylic acids is 1. The molecule has 3 rings (SSSR count). The number of carbonyl (C=O) groups is 1. The molecular formula is C16H18Cl2F2N4O2. The first kappa shape index (κ1) is 20.5. The van der Waals surface area contributed by atoms with Gasteiger partial charge in [0, 0.05) is 17.0 Å². The minimum Gasteiger partial charge on any atom is -0.340 e. The van der Waals surface area contributed by atoms with Crippen LogP contribution in [-0.4, -0.2) is 28.5 Å². The minimum atomic E-state index is -2.80. The number of nitrogens with one attached hydrogen (secondary N) is 2. The van der Waals surface area contributed by atoms with Crippen molar-refractivity contribution in [3.05, 3.63) is 46.6 Å². The average molecular weight is 407 g/mol. The van der Waals surface area contributed by atoms with Crippen LogP contribution in [0.2, 0.25) is 5.02 Å². The van der Waals surface area contributed by atoms with Gasteiger partial charge in [-0.05, 0) is 32.0 Å². The third kappa shape index (κ3) is 4.49. The molecule has 1 saturated heterocycles. The van der Waals surface area contributed by atoms with Gasteiger partial charge in [-0.3, -0.25) is 10.1 Å². The molecule has 6 nitrogen and oxygen atoms in total. The highest BCUT2D eigenvalue weighted by Crippen LogP contribution is 2.33. The van der Waals surface area contributed by atoms with Crippen molar-refractivity contribution >= 4 is 29.9 Å². The van der Waals surface area contributed by atoms with Gasteiger partial charge in [-0.1, -0.05) is 22.8 Å². The number of benzene rings is 1. The first-order chi connectivity index (χ1) is 11.7. The molecule has 10 heteroatoms. The largest absolute Gasteiger partial charge is 0.340 e. The Bertz CT molecular complexity index is 798. The SMILES string of the molecule is CC(C)(NC(=O)c1cccc(Cl)c1)c1noc(C2CC(F)(F)CN2)n1.Cl. The van der Waals surface area contributed by atoms with Crippen molar-refractivity contribution in [1.29, 1.82) is 0 Å². The quantitative estimate of drug-likeness (QED) is 0.812. The summed E-state index contributed by atoms with van der Waals surface area (Å²) in [5.74, 6) is -2.87. The second-order valence-corrected chi connectivity index (χ2v) is 6.98. The highest BCUT2D eigenvalue weighted by Gasteiger charge is 2.42. The summed E-state index contributed by atoms with van der Waals surface area (Å²) in [6, 6.07) is 5.81. The van der Waals surface area contributed by atoms with E-state index in [9.17, 15) is 13.6 Å². The van der Waals surface area contributed by atoms with Crippen LogP contribution >= 0.6 is 24.0 Å². The molecule has 0 spiro atoms. The zero-order valence-electron chi connectivity index (χ0n) is 14.1. The van der Waals surface area contributed by atoms with Gasteiger partial charge in [-0.15, -0.1) is 12.4 Å². The normalized spacial score (nSPS) is 19.0. The van der Waals surface area contributed by atoms with Crippen molar-refractivity contribution in [3.8, 4) is 0 Å². The highest BCUT2D eigenvalue weighted by molar-refractivity contribution is 6.30. The lowest BCUT2D eigenvalue weighted by atomic mass is 10.0. The van der Waals surface area contributed by atoms with E-state index in [2.05, 4.69) is 20.8 Å². The van der Waals surface area contributed by atoms with E-state index in [0.717, 1.165) is 0 Å². The van der Waals surface area contributed by atoms with Crippen molar-refractivity contribution in [2.75, 3.05) is 6.54 Å². The maximum absolute atomic E-state index is 13.3. The van der Waals surface area contributed by atoms with E-state index >= 15 is 0 Å². The zero-order valence-corrected chi connectivity index (χ0v) is 15.6. The third-order valence-corrected chi connectivity index (χ3v) is 4.16. The van der Waals surface area contributed by atoms with Gasteiger partial charge in [0.15, 0.2) is 5.82 Å². The summed E-state index contributed by atoms with van der Waals surface area (Å²) in [5.41, 5.74) is -0.566. The summed E-state index contributed by atoms with van der Waals surface area (Å²) < 4.78 is 31.7. The van der Waals surface area contributed by atoms with Crippen molar-refractivity contribution in [2.45, 2.75) is 37.8 Å². The number of halogens is 4. The number of hydrogen-bond donors (Lipinski definition) is 2. The Kier molecular flexibility index (Phi) is 5.89. The van der Waals surface area contributed by atoms with E-state index in [1.54, 1.807) is 38.1 Å². The van der Waals surface area contributed by atoms with Crippen LogP contribution < -0.4 is 10.6 Å². The summed E-state index contributed by atoms with van der Waals surface area (Å²) in [5, 5.41) is 9.72. The van der Waals surface area contributed by atoms with Crippen LogP contribution in [0.1, 0.15) is 48.4 Å². The van der Waals surface area contributed by atoms with Gasteiger partial charge < -0.3 is 9.84 Å². The molecule has 1 amide bonds. The van der Waals surface area contributed by atoms with Crippen LogP contribution in [0, 0.1) is 0 Å². The molecule has 1 atom stereocenters. The predicted molar refractivity (Wildman–Crippen MR) is 93.8 cm³/mol. The van der Waals surface area contributed by atoms with E-state index in [-0.39, 0.29) is 30.0 Å². The van der Waals surface area contributed by atoms with Crippen LogP contribution in [-0.2, 0) is 5.54 Å². The van der Waals surface area contributed by atoms with Gasteiger partial charge in [-0.2, -0.15) is 4.98 Å². The fourth-order valence-electron chi connectivity index (χ4n) is 2.56. The van der Waals surface area contributed by atoms with Crippen LogP contribution in [0.4, 0.5) is 8.78 Å². The Morgan fingerprint density at radius 1 is 1.46 bits per heavy atom. The molecule has 2 N–H and O–H groups in total. The molecule has 1 aliphatic heterocycles. The van der Waals surface area contributed by atoms with Crippen molar-refractivity contribution in [3.63, 3.8) is 0 Å². The van der Waals surface area contributed by atoms with Gasteiger partial charge in [0.05, 0.1) is 18.1 Å². The van der Waals surface area contributed by atoms with E-state index in [0.29, 0.717) is 10.6 Å². The van der Waals surface area contributed by atoms with Gasteiger partial charge >= 0.3 is 0 Å². The Balaban J connectivity index is 0.00000243. The Labute approximate surface area is 160 Å². The number of aromatic nitrogens is 2. The number of amides is 1. The first-order valence-electron chi connectivity index (χ1n) is 7.70. The van der Waals surface area contributed by atoms with E-state index in [4.69, 9.17) is 16.1 Å². The highest BCUT2D eigenvalue weighted by atomic mass is 35.5. The standard InChI is InChI=1S/C16H17ClF2N4O2.ClH/c1-15(2,22-12(24)9-4-3-5-10(17)6-9)14-21-13(25-23-14)11-7-16(18,19)8-20-11;/h3-6,11,20H,7-8H2,1-2H3,(H,22,24);1H. The summed E-state index contributed by atoms with van der Waals surface area (Å²) in [4.78, 5) is 16.5. The fourth-order valence-corrected chi connectivity index (χ4v) is 2.75. The molecule has 2 aromatic rings. The molecule has 26 heavy (non-hydrogen) atoms. The predicted octanol–water partition coefficient (Wildman–Crippen LogP) is 3.48. The second-order valence-electron chi connectivity index (χ2n) is 6.54. The van der Waals surface area contributed by atoms with Crippen molar-refractivity contribution < 1.29 is 18.1 Å². The molecule has 142 valence electrons. The molecule has 2 heterocycles. The number of alkyl halides is 2. The molecule has 0 bridgehead atoms. The van der Waals surface area contributed by atoms with Crippen molar-refractivity contribution in [2.24, 2.45) is 0 Å². The van der Waals surface area contributed by atoms with Gasteiger partial charge in [-0.25, -0.2) is 8.78 Å². The molecule has 0 radical (unpaired) electrons. The molecule has 1 aromatic carbocycles. The average Bonchev–Trinajstić information content (AvgIpc) is 3.13. The smallest absolute Gasteiger partial charge is 0.262 e.